The van der Waals surface area contributed by atoms with Crippen LogP contribution in [0.25, 0.3) is 10.6 Å². The van der Waals surface area contributed by atoms with Crippen molar-refractivity contribution in [3.05, 3.63) is 34.7 Å². The molecule has 2 heterocycles. The van der Waals surface area contributed by atoms with Crippen LogP contribution >= 0.6 is 23.1 Å². The molecule has 0 saturated heterocycles. The van der Waals surface area contributed by atoms with Gasteiger partial charge in [-0.1, -0.05) is 26.3 Å². The third kappa shape index (κ3) is 4.27. The van der Waals surface area contributed by atoms with Crippen molar-refractivity contribution in [2.45, 2.75) is 43.1 Å². The minimum absolute atomic E-state index is 0.0965. The highest BCUT2D eigenvalue weighted by atomic mass is 32.2. The molecule has 7 heteroatoms. The molecule has 0 amide bonds. The minimum atomic E-state index is -4.58. The van der Waals surface area contributed by atoms with Crippen molar-refractivity contribution in [1.82, 2.24) is 4.98 Å². The van der Waals surface area contributed by atoms with Crippen molar-refractivity contribution < 1.29 is 13.2 Å². The van der Waals surface area contributed by atoms with E-state index >= 15 is 0 Å². The lowest BCUT2D eigenvalue weighted by Gasteiger charge is -2.16. The van der Waals surface area contributed by atoms with Crippen LogP contribution in [0.1, 0.15) is 37.8 Å². The van der Waals surface area contributed by atoms with Crippen LogP contribution in [0.4, 0.5) is 13.2 Å². The molecule has 0 aliphatic heterocycles. The van der Waals surface area contributed by atoms with E-state index in [1.54, 1.807) is 23.6 Å². The fraction of sp³-hybridized carbons (Fsp3) is 0.375. The largest absolute Gasteiger partial charge is 0.417 e. The molecular formula is C16H15F3N2S2. The van der Waals surface area contributed by atoms with E-state index in [9.17, 15) is 18.4 Å². The minimum Gasteiger partial charge on any atom is -0.239 e. The van der Waals surface area contributed by atoms with Gasteiger partial charge >= 0.3 is 6.18 Å². The summed E-state index contributed by atoms with van der Waals surface area (Å²) in [5.41, 5.74) is -1.03. The molecule has 0 spiro atoms. The zero-order chi connectivity index (χ0) is 17.0. The van der Waals surface area contributed by atoms with E-state index in [1.807, 2.05) is 13.8 Å². The Labute approximate surface area is 141 Å². The average molecular weight is 356 g/mol. The first-order valence-electron chi connectivity index (χ1n) is 7.09. The van der Waals surface area contributed by atoms with Crippen molar-refractivity contribution in [2.24, 2.45) is 0 Å². The molecule has 2 nitrogen and oxygen atoms in total. The van der Waals surface area contributed by atoms with Gasteiger partial charge in [0.1, 0.15) is 11.1 Å². The van der Waals surface area contributed by atoms with Crippen LogP contribution in [-0.2, 0) is 6.18 Å². The number of aromatic nitrogens is 1. The molecule has 2 rings (SSSR count). The van der Waals surface area contributed by atoms with Crippen molar-refractivity contribution in [3.63, 3.8) is 0 Å². The summed E-state index contributed by atoms with van der Waals surface area (Å²) >= 11 is 2.56. The van der Waals surface area contributed by atoms with Crippen molar-refractivity contribution in [1.29, 1.82) is 5.26 Å². The number of rotatable bonds is 5. The molecule has 122 valence electrons. The molecule has 0 aliphatic rings. The summed E-state index contributed by atoms with van der Waals surface area (Å²) in [4.78, 5) is 4.99. The topological polar surface area (TPSA) is 36.7 Å². The van der Waals surface area contributed by atoms with Gasteiger partial charge in [0.25, 0.3) is 0 Å². The van der Waals surface area contributed by atoms with Crippen LogP contribution in [-0.4, -0.2) is 10.2 Å². The lowest BCUT2D eigenvalue weighted by molar-refractivity contribution is -0.138. The Kier molecular flexibility index (Phi) is 5.71. The third-order valence-corrected chi connectivity index (χ3v) is 5.23. The van der Waals surface area contributed by atoms with Gasteiger partial charge in [-0.05, 0) is 23.9 Å². The molecule has 0 saturated carbocycles. The van der Waals surface area contributed by atoms with Crippen LogP contribution in [0, 0.1) is 11.3 Å². The summed E-state index contributed by atoms with van der Waals surface area (Å²) in [5.74, 6) is 0. The van der Waals surface area contributed by atoms with Crippen molar-refractivity contribution >= 4 is 23.1 Å². The van der Waals surface area contributed by atoms with Crippen molar-refractivity contribution in [3.8, 4) is 16.6 Å². The molecule has 0 aliphatic carbocycles. The van der Waals surface area contributed by atoms with E-state index in [0.717, 1.165) is 18.9 Å². The number of hydrogen-bond donors (Lipinski definition) is 0. The Hall–Kier alpha value is -1.52. The maximum absolute atomic E-state index is 13.3. The predicted molar refractivity (Wildman–Crippen MR) is 87.5 cm³/mol. The second-order valence-electron chi connectivity index (χ2n) is 5.04. The number of pyridine rings is 1. The normalized spacial score (nSPS) is 12.9. The van der Waals surface area contributed by atoms with Gasteiger partial charge < -0.3 is 0 Å². The van der Waals surface area contributed by atoms with E-state index in [4.69, 9.17) is 0 Å². The summed E-state index contributed by atoms with van der Waals surface area (Å²) in [6.45, 7) is 3.95. The number of halogens is 3. The molecule has 23 heavy (non-hydrogen) atoms. The van der Waals surface area contributed by atoms with Gasteiger partial charge in [0, 0.05) is 5.25 Å². The Morgan fingerprint density at radius 1 is 1.43 bits per heavy atom. The molecule has 2 aromatic rings. The van der Waals surface area contributed by atoms with Crippen LogP contribution < -0.4 is 0 Å². The SMILES string of the molecule is CCCC(C)Sc1nc(-c2cccs2)cc(C(F)(F)F)c1C#N. The lowest BCUT2D eigenvalue weighted by atomic mass is 10.1. The van der Waals surface area contributed by atoms with Gasteiger partial charge in [0.2, 0.25) is 0 Å². The molecule has 0 N–H and O–H groups in total. The molecule has 0 aromatic carbocycles. The van der Waals surface area contributed by atoms with Gasteiger partial charge in [-0.3, -0.25) is 0 Å². The van der Waals surface area contributed by atoms with Crippen LogP contribution in [0.2, 0.25) is 0 Å². The number of hydrogen-bond acceptors (Lipinski definition) is 4. The molecular weight excluding hydrogens is 341 g/mol. The highest BCUT2D eigenvalue weighted by Gasteiger charge is 2.36. The smallest absolute Gasteiger partial charge is 0.239 e. The average Bonchev–Trinajstić information content (AvgIpc) is 3.00. The molecule has 1 unspecified atom stereocenters. The van der Waals surface area contributed by atoms with E-state index < -0.39 is 11.7 Å². The van der Waals surface area contributed by atoms with Gasteiger partial charge in [-0.2, -0.15) is 18.4 Å². The predicted octanol–water partition coefficient (Wildman–Crippen LogP) is 5.98. The second kappa shape index (κ2) is 7.37. The summed E-state index contributed by atoms with van der Waals surface area (Å²) in [5, 5.41) is 11.3. The molecule has 0 fully saturated rings. The van der Waals surface area contributed by atoms with Crippen molar-refractivity contribution in [2.75, 3.05) is 0 Å². The molecule has 0 radical (unpaired) electrons. The second-order valence-corrected chi connectivity index (χ2v) is 7.41. The molecule has 1 atom stereocenters. The Morgan fingerprint density at radius 2 is 2.17 bits per heavy atom. The molecule has 0 bridgehead atoms. The lowest BCUT2D eigenvalue weighted by Crippen LogP contribution is -2.11. The number of thiophene rings is 1. The van der Waals surface area contributed by atoms with Gasteiger partial charge in [0.15, 0.2) is 0 Å². The first kappa shape index (κ1) is 17.8. The zero-order valence-corrected chi connectivity index (χ0v) is 14.3. The van der Waals surface area contributed by atoms with E-state index in [2.05, 4.69) is 4.98 Å². The maximum Gasteiger partial charge on any atom is 0.417 e. The number of nitrogens with zero attached hydrogens (tertiary/aromatic N) is 2. The summed E-state index contributed by atoms with van der Waals surface area (Å²) in [6.07, 6.45) is -2.81. The van der Waals surface area contributed by atoms with Gasteiger partial charge in [-0.25, -0.2) is 4.98 Å². The maximum atomic E-state index is 13.3. The van der Waals surface area contributed by atoms with E-state index in [0.29, 0.717) is 4.88 Å². The third-order valence-electron chi connectivity index (χ3n) is 3.19. The Bertz CT molecular complexity index is 703. The Balaban J connectivity index is 2.58. The molecule has 2 aromatic heterocycles. The summed E-state index contributed by atoms with van der Waals surface area (Å²) in [6, 6.07) is 6.15. The van der Waals surface area contributed by atoms with Gasteiger partial charge in [0.05, 0.1) is 21.7 Å². The van der Waals surface area contributed by atoms with Crippen LogP contribution in [0.3, 0.4) is 0 Å². The van der Waals surface area contributed by atoms with E-state index in [1.165, 1.54) is 23.1 Å². The van der Waals surface area contributed by atoms with Crippen LogP contribution in [0.5, 0.6) is 0 Å². The highest BCUT2D eigenvalue weighted by Crippen LogP contribution is 2.39. The highest BCUT2D eigenvalue weighted by molar-refractivity contribution is 7.99. The fourth-order valence-corrected chi connectivity index (χ4v) is 3.99. The van der Waals surface area contributed by atoms with E-state index in [-0.39, 0.29) is 21.5 Å². The first-order chi connectivity index (χ1) is 10.9. The summed E-state index contributed by atoms with van der Waals surface area (Å²) in [7, 11) is 0. The summed E-state index contributed by atoms with van der Waals surface area (Å²) < 4.78 is 40.0. The quantitative estimate of drug-likeness (QED) is 0.618. The number of nitriles is 1. The Morgan fingerprint density at radius 3 is 2.70 bits per heavy atom. The number of alkyl halides is 3. The fourth-order valence-electron chi connectivity index (χ4n) is 2.15. The van der Waals surface area contributed by atoms with Crippen LogP contribution in [0.15, 0.2) is 28.6 Å². The zero-order valence-electron chi connectivity index (χ0n) is 12.6. The number of thioether (sulfide) groups is 1. The monoisotopic (exact) mass is 356 g/mol. The standard InChI is InChI=1S/C16H15F3N2S2/c1-3-5-10(2)23-15-11(9-20)12(16(17,18)19)8-13(21-15)14-6-4-7-22-14/h4,6-8,10H,3,5H2,1-2H3. The first-order valence-corrected chi connectivity index (χ1v) is 8.85. The van der Waals surface area contributed by atoms with Gasteiger partial charge in [-0.15, -0.1) is 23.1 Å².